The maximum Gasteiger partial charge on any atom is 0.222 e. The second-order valence-electron chi connectivity index (χ2n) is 9.91. The summed E-state index contributed by atoms with van der Waals surface area (Å²) < 4.78 is 6.09. The number of nitrogens with zero attached hydrogens (tertiary/aromatic N) is 3. The van der Waals surface area contributed by atoms with Crippen molar-refractivity contribution >= 4 is 11.8 Å². The third-order valence-electron chi connectivity index (χ3n) is 4.95. The second kappa shape index (κ2) is 13.2. The Hall–Kier alpha value is -1.14. The molecule has 0 aromatic heterocycles. The first kappa shape index (κ1) is 27.9. The van der Waals surface area contributed by atoms with Gasteiger partial charge >= 0.3 is 0 Å². The van der Waals surface area contributed by atoms with Gasteiger partial charge < -0.3 is 19.4 Å². The van der Waals surface area contributed by atoms with Crippen molar-refractivity contribution in [3.05, 3.63) is 0 Å². The Morgan fingerprint density at radius 3 is 1.62 bits per heavy atom. The standard InChI is InChI=1S/C23H47N3O3/c1-10-20(27)25(12-3)16-22(4,5)18-29-19-23(6,7)17-26(21(28)11-2)15-13-14-24(8)9/h10-19H2,1-9H3. The van der Waals surface area contributed by atoms with Crippen LogP contribution in [0.4, 0.5) is 0 Å². The highest BCUT2D eigenvalue weighted by molar-refractivity contribution is 5.76. The molecule has 0 fully saturated rings. The van der Waals surface area contributed by atoms with Gasteiger partial charge in [-0.3, -0.25) is 9.59 Å². The Labute approximate surface area is 179 Å². The summed E-state index contributed by atoms with van der Waals surface area (Å²) in [5.74, 6) is 0.390. The summed E-state index contributed by atoms with van der Waals surface area (Å²) >= 11 is 0. The fourth-order valence-electron chi connectivity index (χ4n) is 3.42. The Bertz CT molecular complexity index is 490. The van der Waals surface area contributed by atoms with Crippen molar-refractivity contribution in [2.24, 2.45) is 10.8 Å². The first-order chi connectivity index (χ1) is 13.4. The van der Waals surface area contributed by atoms with E-state index in [1.54, 1.807) is 0 Å². The van der Waals surface area contributed by atoms with Crippen molar-refractivity contribution in [2.75, 3.05) is 60.0 Å². The van der Waals surface area contributed by atoms with Gasteiger partial charge in [-0.25, -0.2) is 0 Å². The van der Waals surface area contributed by atoms with Gasteiger partial charge in [0.05, 0.1) is 13.2 Å². The molecule has 0 bridgehead atoms. The van der Waals surface area contributed by atoms with Gasteiger partial charge in [0.2, 0.25) is 11.8 Å². The topological polar surface area (TPSA) is 53.1 Å². The van der Waals surface area contributed by atoms with Crippen molar-refractivity contribution in [3.63, 3.8) is 0 Å². The zero-order valence-electron chi connectivity index (χ0n) is 20.6. The fourth-order valence-corrected chi connectivity index (χ4v) is 3.42. The van der Waals surface area contributed by atoms with Gasteiger partial charge in [0.25, 0.3) is 0 Å². The molecule has 0 aliphatic rings. The molecule has 0 spiro atoms. The van der Waals surface area contributed by atoms with E-state index in [0.717, 1.165) is 26.1 Å². The Morgan fingerprint density at radius 2 is 1.21 bits per heavy atom. The molecule has 29 heavy (non-hydrogen) atoms. The molecule has 0 aliphatic heterocycles. The Balaban J connectivity index is 4.69. The van der Waals surface area contributed by atoms with E-state index in [1.807, 2.05) is 30.6 Å². The number of amides is 2. The molecule has 2 amide bonds. The van der Waals surface area contributed by atoms with Crippen LogP contribution in [0.1, 0.15) is 67.7 Å². The third kappa shape index (κ3) is 12.2. The SMILES string of the molecule is CCC(=O)N(CC)CC(C)(C)COCC(C)(C)CN(CCCN(C)C)C(=O)CC. The van der Waals surface area contributed by atoms with Crippen LogP contribution in [0.5, 0.6) is 0 Å². The quantitative estimate of drug-likeness (QED) is 0.412. The minimum Gasteiger partial charge on any atom is -0.380 e. The van der Waals surface area contributed by atoms with Crippen LogP contribution in [0.2, 0.25) is 0 Å². The number of rotatable bonds is 15. The molecule has 0 saturated heterocycles. The lowest BCUT2D eigenvalue weighted by Crippen LogP contribution is -2.43. The zero-order chi connectivity index (χ0) is 22.7. The smallest absolute Gasteiger partial charge is 0.222 e. The maximum absolute atomic E-state index is 12.4. The van der Waals surface area contributed by atoms with E-state index in [0.29, 0.717) is 39.1 Å². The molecule has 0 unspecified atom stereocenters. The lowest BCUT2D eigenvalue weighted by Gasteiger charge is -2.35. The molecule has 172 valence electrons. The van der Waals surface area contributed by atoms with E-state index in [1.165, 1.54) is 0 Å². The zero-order valence-corrected chi connectivity index (χ0v) is 20.6. The predicted molar refractivity (Wildman–Crippen MR) is 121 cm³/mol. The summed E-state index contributed by atoms with van der Waals surface area (Å²) in [6, 6.07) is 0. The highest BCUT2D eigenvalue weighted by atomic mass is 16.5. The number of carbonyl (C=O) groups excluding carboxylic acids is 2. The van der Waals surface area contributed by atoms with Crippen molar-refractivity contribution in [2.45, 2.75) is 67.7 Å². The molecular formula is C23H47N3O3. The lowest BCUT2D eigenvalue weighted by molar-refractivity contribution is -0.133. The van der Waals surface area contributed by atoms with Crippen LogP contribution in [0.25, 0.3) is 0 Å². The Kier molecular flexibility index (Phi) is 12.7. The van der Waals surface area contributed by atoms with Gasteiger partial charge in [0, 0.05) is 49.9 Å². The van der Waals surface area contributed by atoms with Crippen LogP contribution >= 0.6 is 0 Å². The van der Waals surface area contributed by atoms with Gasteiger partial charge in [-0.05, 0) is 34.0 Å². The Morgan fingerprint density at radius 1 is 0.759 bits per heavy atom. The molecule has 0 N–H and O–H groups in total. The summed E-state index contributed by atoms with van der Waals surface area (Å²) in [4.78, 5) is 30.5. The highest BCUT2D eigenvalue weighted by Gasteiger charge is 2.28. The molecule has 0 radical (unpaired) electrons. The number of hydrogen-bond acceptors (Lipinski definition) is 4. The average molecular weight is 414 g/mol. The normalized spacial score (nSPS) is 12.3. The first-order valence-electron chi connectivity index (χ1n) is 11.2. The third-order valence-corrected chi connectivity index (χ3v) is 4.95. The maximum atomic E-state index is 12.4. The van der Waals surface area contributed by atoms with Crippen molar-refractivity contribution in [1.29, 1.82) is 0 Å². The van der Waals surface area contributed by atoms with E-state index < -0.39 is 0 Å². The fraction of sp³-hybridized carbons (Fsp3) is 0.913. The van der Waals surface area contributed by atoms with E-state index >= 15 is 0 Å². The van der Waals surface area contributed by atoms with Crippen LogP contribution in [-0.2, 0) is 14.3 Å². The minimum absolute atomic E-state index is 0.110. The van der Waals surface area contributed by atoms with Crippen molar-refractivity contribution < 1.29 is 14.3 Å². The van der Waals surface area contributed by atoms with Gasteiger partial charge in [-0.15, -0.1) is 0 Å². The van der Waals surface area contributed by atoms with E-state index in [9.17, 15) is 9.59 Å². The van der Waals surface area contributed by atoms with Crippen LogP contribution in [0.15, 0.2) is 0 Å². The largest absolute Gasteiger partial charge is 0.380 e. The predicted octanol–water partition coefficient (Wildman–Crippen LogP) is 3.50. The summed E-state index contributed by atoms with van der Waals surface area (Å²) in [6.07, 6.45) is 2.04. The second-order valence-corrected chi connectivity index (χ2v) is 9.91. The summed E-state index contributed by atoms with van der Waals surface area (Å²) in [5.41, 5.74) is -0.232. The summed E-state index contributed by atoms with van der Waals surface area (Å²) in [6.45, 7) is 19.5. The molecule has 6 heteroatoms. The van der Waals surface area contributed by atoms with Gasteiger partial charge in [0.15, 0.2) is 0 Å². The summed E-state index contributed by atoms with van der Waals surface area (Å²) in [5, 5.41) is 0. The van der Waals surface area contributed by atoms with Gasteiger partial charge in [-0.1, -0.05) is 41.5 Å². The molecule has 0 saturated carbocycles. The molecule has 0 aromatic rings. The average Bonchev–Trinajstić information content (AvgIpc) is 2.63. The van der Waals surface area contributed by atoms with Crippen LogP contribution in [-0.4, -0.2) is 86.5 Å². The van der Waals surface area contributed by atoms with E-state index in [-0.39, 0.29) is 22.6 Å². The minimum atomic E-state index is -0.122. The van der Waals surface area contributed by atoms with Gasteiger partial charge in [-0.2, -0.15) is 0 Å². The first-order valence-corrected chi connectivity index (χ1v) is 11.2. The molecule has 0 aliphatic carbocycles. The van der Waals surface area contributed by atoms with E-state index in [2.05, 4.69) is 46.7 Å². The molecular weight excluding hydrogens is 366 g/mol. The lowest BCUT2D eigenvalue weighted by atomic mass is 9.92. The summed E-state index contributed by atoms with van der Waals surface area (Å²) in [7, 11) is 4.11. The number of ether oxygens (including phenoxy) is 1. The van der Waals surface area contributed by atoms with Crippen molar-refractivity contribution in [3.8, 4) is 0 Å². The number of carbonyl (C=O) groups is 2. The molecule has 0 aromatic carbocycles. The van der Waals surface area contributed by atoms with E-state index in [4.69, 9.17) is 4.74 Å². The molecule has 0 atom stereocenters. The molecule has 6 nitrogen and oxygen atoms in total. The molecule has 0 heterocycles. The molecule has 0 rings (SSSR count). The van der Waals surface area contributed by atoms with Crippen molar-refractivity contribution in [1.82, 2.24) is 14.7 Å². The van der Waals surface area contributed by atoms with Crippen LogP contribution in [0, 0.1) is 10.8 Å². The number of hydrogen-bond donors (Lipinski definition) is 0. The van der Waals surface area contributed by atoms with Gasteiger partial charge in [0.1, 0.15) is 0 Å². The van der Waals surface area contributed by atoms with Crippen LogP contribution in [0.3, 0.4) is 0 Å². The monoisotopic (exact) mass is 413 g/mol. The highest BCUT2D eigenvalue weighted by Crippen LogP contribution is 2.23. The van der Waals surface area contributed by atoms with Crippen LogP contribution < -0.4 is 0 Å².